The summed E-state index contributed by atoms with van der Waals surface area (Å²) in [7, 11) is 0. The number of benzene rings is 1. The lowest BCUT2D eigenvalue weighted by Crippen LogP contribution is -2.31. The molecule has 0 radical (unpaired) electrons. The van der Waals surface area contributed by atoms with E-state index in [-0.39, 0.29) is 11.9 Å². The summed E-state index contributed by atoms with van der Waals surface area (Å²) in [4.78, 5) is 28.8. The van der Waals surface area contributed by atoms with Gasteiger partial charge in [0.2, 0.25) is 0 Å². The van der Waals surface area contributed by atoms with Crippen molar-refractivity contribution in [3.05, 3.63) is 96.2 Å². The second kappa shape index (κ2) is 8.47. The molecule has 7 nitrogen and oxygen atoms in total. The summed E-state index contributed by atoms with van der Waals surface area (Å²) in [5.41, 5.74) is 3.32. The molecule has 3 aromatic heterocycles. The molecule has 1 aromatic carbocycles. The number of nitrogens with zero attached hydrogens (tertiary/aromatic N) is 6. The molecule has 4 heterocycles. The average Bonchev–Trinajstić information content (AvgIpc) is 3.52. The molecule has 1 aliphatic heterocycles. The molecule has 0 spiro atoms. The van der Waals surface area contributed by atoms with E-state index in [0.717, 1.165) is 36.3 Å². The van der Waals surface area contributed by atoms with Crippen LogP contribution in [0.15, 0.2) is 79.4 Å². The smallest absolute Gasteiger partial charge is 0.254 e. The van der Waals surface area contributed by atoms with Gasteiger partial charge in [-0.1, -0.05) is 18.2 Å². The van der Waals surface area contributed by atoms with E-state index in [0.29, 0.717) is 17.9 Å². The van der Waals surface area contributed by atoms with Crippen molar-refractivity contribution in [3.63, 3.8) is 0 Å². The monoisotopic (exact) mass is 410 g/mol. The minimum absolute atomic E-state index is 0.0304. The van der Waals surface area contributed by atoms with Gasteiger partial charge in [-0.05, 0) is 54.8 Å². The highest BCUT2D eigenvalue weighted by Crippen LogP contribution is 2.32. The number of carbonyl (C=O) groups is 1. The third kappa shape index (κ3) is 4.07. The number of likely N-dealkylation sites (tertiary alicyclic amines) is 1. The minimum Gasteiger partial charge on any atom is -0.330 e. The van der Waals surface area contributed by atoms with E-state index in [1.807, 2.05) is 70.4 Å². The van der Waals surface area contributed by atoms with Crippen LogP contribution in [-0.2, 0) is 6.54 Å². The molecule has 0 bridgehead atoms. The van der Waals surface area contributed by atoms with Gasteiger partial charge in [0.15, 0.2) is 5.82 Å². The fourth-order valence-electron chi connectivity index (χ4n) is 4.04. The molecule has 1 aliphatic rings. The van der Waals surface area contributed by atoms with Gasteiger partial charge in [0.05, 0.1) is 18.3 Å². The van der Waals surface area contributed by atoms with Crippen molar-refractivity contribution in [2.75, 3.05) is 6.54 Å². The van der Waals surface area contributed by atoms with Gasteiger partial charge in [-0.2, -0.15) is 5.10 Å². The Morgan fingerprint density at radius 1 is 1.00 bits per heavy atom. The summed E-state index contributed by atoms with van der Waals surface area (Å²) < 4.78 is 1.85. The number of aromatic nitrogens is 5. The number of hydrogen-bond donors (Lipinski definition) is 0. The maximum absolute atomic E-state index is 13.4. The van der Waals surface area contributed by atoms with Gasteiger partial charge in [-0.3, -0.25) is 14.5 Å². The van der Waals surface area contributed by atoms with Gasteiger partial charge < -0.3 is 4.90 Å². The molecule has 7 heteroatoms. The second-order valence-corrected chi connectivity index (χ2v) is 7.58. The van der Waals surface area contributed by atoms with Crippen LogP contribution in [0.2, 0.25) is 0 Å². The summed E-state index contributed by atoms with van der Waals surface area (Å²) in [6.07, 6.45) is 8.98. The van der Waals surface area contributed by atoms with Crippen molar-refractivity contribution in [3.8, 4) is 11.5 Å². The third-order valence-corrected chi connectivity index (χ3v) is 5.50. The van der Waals surface area contributed by atoms with Crippen LogP contribution in [0.5, 0.6) is 0 Å². The highest BCUT2D eigenvalue weighted by molar-refractivity contribution is 5.94. The molecule has 4 aromatic rings. The van der Waals surface area contributed by atoms with Crippen molar-refractivity contribution in [1.29, 1.82) is 0 Å². The quantitative estimate of drug-likeness (QED) is 0.501. The Kier molecular flexibility index (Phi) is 5.22. The molecule has 154 valence electrons. The average molecular weight is 410 g/mol. The van der Waals surface area contributed by atoms with Gasteiger partial charge in [-0.15, -0.1) is 0 Å². The number of rotatable bonds is 5. The lowest BCUT2D eigenvalue weighted by molar-refractivity contribution is 0.0732. The van der Waals surface area contributed by atoms with Crippen LogP contribution in [0.25, 0.3) is 11.5 Å². The molecule has 0 unspecified atom stereocenters. The first kappa shape index (κ1) is 19.1. The van der Waals surface area contributed by atoms with Crippen LogP contribution < -0.4 is 0 Å². The Morgan fingerprint density at radius 2 is 1.97 bits per heavy atom. The largest absolute Gasteiger partial charge is 0.330 e. The summed E-state index contributed by atoms with van der Waals surface area (Å²) >= 11 is 0. The molecule has 0 saturated carbocycles. The predicted molar refractivity (Wildman–Crippen MR) is 116 cm³/mol. The predicted octanol–water partition coefficient (Wildman–Crippen LogP) is 3.76. The van der Waals surface area contributed by atoms with E-state index >= 15 is 0 Å². The minimum atomic E-state index is -0.0623. The number of amides is 1. The van der Waals surface area contributed by atoms with E-state index in [1.54, 1.807) is 18.6 Å². The molecule has 0 aliphatic carbocycles. The fourth-order valence-corrected chi connectivity index (χ4v) is 4.04. The molecule has 5 rings (SSSR count). The highest BCUT2D eigenvalue weighted by atomic mass is 16.2. The maximum Gasteiger partial charge on any atom is 0.254 e. The first-order valence-electron chi connectivity index (χ1n) is 10.4. The van der Waals surface area contributed by atoms with Crippen LogP contribution in [0.4, 0.5) is 0 Å². The number of carbonyl (C=O) groups excluding carboxylic acids is 1. The van der Waals surface area contributed by atoms with Crippen molar-refractivity contribution in [2.24, 2.45) is 0 Å². The Morgan fingerprint density at radius 3 is 2.81 bits per heavy atom. The first-order valence-corrected chi connectivity index (χ1v) is 10.4. The Hall–Kier alpha value is -3.87. The Balaban J connectivity index is 1.39. The van der Waals surface area contributed by atoms with E-state index in [9.17, 15) is 4.79 Å². The fraction of sp³-hybridized carbons (Fsp3) is 0.208. The van der Waals surface area contributed by atoms with E-state index in [4.69, 9.17) is 4.98 Å². The lowest BCUT2D eigenvalue weighted by Gasteiger charge is -2.25. The van der Waals surface area contributed by atoms with E-state index < -0.39 is 0 Å². The molecule has 1 atom stereocenters. The molecule has 1 amide bonds. The first-order chi connectivity index (χ1) is 15.3. The molecular formula is C24H22N6O. The Labute approximate surface area is 180 Å². The van der Waals surface area contributed by atoms with Crippen LogP contribution in [0, 0.1) is 0 Å². The third-order valence-electron chi connectivity index (χ3n) is 5.50. The topological polar surface area (TPSA) is 76.8 Å². The summed E-state index contributed by atoms with van der Waals surface area (Å²) in [6, 6.07) is 17.2. The van der Waals surface area contributed by atoms with Crippen LogP contribution in [0.3, 0.4) is 0 Å². The Bertz CT molecular complexity index is 1180. The lowest BCUT2D eigenvalue weighted by atomic mass is 10.1. The summed E-state index contributed by atoms with van der Waals surface area (Å²) in [5.74, 6) is 0.612. The zero-order valence-electron chi connectivity index (χ0n) is 17.0. The summed E-state index contributed by atoms with van der Waals surface area (Å²) in [5, 5.41) is 4.25. The van der Waals surface area contributed by atoms with Gasteiger partial charge in [0.25, 0.3) is 5.91 Å². The van der Waals surface area contributed by atoms with Crippen LogP contribution in [-0.4, -0.2) is 42.1 Å². The van der Waals surface area contributed by atoms with Crippen molar-refractivity contribution in [1.82, 2.24) is 29.6 Å². The van der Waals surface area contributed by atoms with Gasteiger partial charge in [0, 0.05) is 36.9 Å². The van der Waals surface area contributed by atoms with Crippen molar-refractivity contribution in [2.45, 2.75) is 25.4 Å². The number of pyridine rings is 1. The number of hydrogen-bond acceptors (Lipinski definition) is 5. The van der Waals surface area contributed by atoms with Crippen LogP contribution >= 0.6 is 0 Å². The van der Waals surface area contributed by atoms with Gasteiger partial charge in [-0.25, -0.2) is 9.97 Å². The second-order valence-electron chi connectivity index (χ2n) is 7.58. The molecule has 31 heavy (non-hydrogen) atoms. The van der Waals surface area contributed by atoms with Gasteiger partial charge >= 0.3 is 0 Å². The van der Waals surface area contributed by atoms with Crippen LogP contribution in [0.1, 0.15) is 40.5 Å². The van der Waals surface area contributed by atoms with E-state index in [1.165, 1.54) is 0 Å². The zero-order chi connectivity index (χ0) is 21.0. The molecule has 1 fully saturated rings. The molecule has 1 saturated heterocycles. The summed E-state index contributed by atoms with van der Waals surface area (Å²) in [6.45, 7) is 1.35. The van der Waals surface area contributed by atoms with Crippen molar-refractivity contribution >= 4 is 5.91 Å². The zero-order valence-corrected chi connectivity index (χ0v) is 17.0. The highest BCUT2D eigenvalue weighted by Gasteiger charge is 2.32. The SMILES string of the molecule is O=C(c1cccc(Cn2cccn2)c1)N1CCC[C@@H]1c1ccnc(-c2ccccn2)n1. The maximum atomic E-state index is 13.4. The van der Waals surface area contributed by atoms with Gasteiger partial charge in [0.1, 0.15) is 5.69 Å². The van der Waals surface area contributed by atoms with E-state index in [2.05, 4.69) is 15.1 Å². The molecule has 0 N–H and O–H groups in total. The standard InChI is InChI=1S/C24H22N6O/c31-24(19-7-3-6-18(16-19)17-29-14-5-12-27-29)30-15-4-9-22(30)20-10-13-26-23(28-20)21-8-1-2-11-25-21/h1-3,5-8,10-14,16,22H,4,9,15,17H2/t22-/m1/s1. The normalized spacial score (nSPS) is 15.9. The molecular weight excluding hydrogens is 388 g/mol. The van der Waals surface area contributed by atoms with Crippen molar-refractivity contribution < 1.29 is 4.79 Å².